The second-order valence-electron chi connectivity index (χ2n) is 4.62. The molecule has 108 valence electrons. The highest BCUT2D eigenvalue weighted by molar-refractivity contribution is 4.78. The fourth-order valence-electron chi connectivity index (χ4n) is 2.36. The van der Waals surface area contributed by atoms with Crippen molar-refractivity contribution in [1.29, 1.82) is 0 Å². The van der Waals surface area contributed by atoms with Gasteiger partial charge in [0.1, 0.15) is 0 Å². The highest BCUT2D eigenvalue weighted by atomic mass is 16.7. The highest BCUT2D eigenvalue weighted by Crippen LogP contribution is 2.08. The Balaban J connectivity index is 2.37. The normalized spacial score (nSPS) is 20.2. The van der Waals surface area contributed by atoms with Crippen molar-refractivity contribution in [2.45, 2.75) is 39.0 Å². The van der Waals surface area contributed by atoms with Crippen molar-refractivity contribution in [2.24, 2.45) is 0 Å². The molecule has 1 heterocycles. The lowest BCUT2D eigenvalue weighted by atomic mass is 10.2. The minimum absolute atomic E-state index is 0.178. The molecule has 0 amide bonds. The first-order valence-corrected chi connectivity index (χ1v) is 7.09. The van der Waals surface area contributed by atoms with Crippen LogP contribution in [0.3, 0.4) is 0 Å². The van der Waals surface area contributed by atoms with Crippen LogP contribution >= 0.6 is 0 Å². The molecule has 1 aliphatic rings. The van der Waals surface area contributed by atoms with Gasteiger partial charge in [-0.05, 0) is 33.2 Å². The maximum Gasteiger partial charge on any atom is 0.170 e. The number of nitrogens with one attached hydrogen (secondary N) is 1. The van der Waals surface area contributed by atoms with Crippen molar-refractivity contribution in [1.82, 2.24) is 10.2 Å². The Bertz CT molecular complexity index is 193. The molecule has 1 saturated heterocycles. The molecule has 0 aromatic heterocycles. The molecule has 1 atom stereocenters. The van der Waals surface area contributed by atoms with Crippen LogP contribution in [0.25, 0.3) is 0 Å². The van der Waals surface area contributed by atoms with Crippen LogP contribution in [-0.4, -0.2) is 68.3 Å². The lowest BCUT2D eigenvalue weighted by Crippen LogP contribution is -2.43. The lowest BCUT2D eigenvalue weighted by molar-refractivity contribution is -0.148. The Kier molecular flexibility index (Phi) is 8.54. The number of ether oxygens (including phenoxy) is 2. The molecule has 0 saturated carbocycles. The molecular formula is C13H28N2O3. The molecule has 0 aromatic rings. The average Bonchev–Trinajstić information content (AvgIpc) is 2.83. The quantitative estimate of drug-likeness (QED) is 0.558. The summed E-state index contributed by atoms with van der Waals surface area (Å²) >= 11 is 0. The summed E-state index contributed by atoms with van der Waals surface area (Å²) in [5.74, 6) is 0. The van der Waals surface area contributed by atoms with Gasteiger partial charge >= 0.3 is 0 Å². The molecule has 1 rings (SSSR count). The third-order valence-corrected chi connectivity index (χ3v) is 3.17. The molecule has 5 nitrogen and oxygen atoms in total. The number of rotatable bonds is 10. The van der Waals surface area contributed by atoms with Gasteiger partial charge in [0.2, 0.25) is 0 Å². The van der Waals surface area contributed by atoms with Gasteiger partial charge < -0.3 is 19.9 Å². The molecule has 0 spiro atoms. The zero-order valence-electron chi connectivity index (χ0n) is 11.7. The van der Waals surface area contributed by atoms with Crippen LogP contribution in [0.1, 0.15) is 26.7 Å². The summed E-state index contributed by atoms with van der Waals surface area (Å²) < 4.78 is 11.1. The van der Waals surface area contributed by atoms with Crippen molar-refractivity contribution < 1.29 is 14.6 Å². The van der Waals surface area contributed by atoms with Crippen molar-refractivity contribution in [3.63, 3.8) is 0 Å². The molecule has 18 heavy (non-hydrogen) atoms. The van der Waals surface area contributed by atoms with E-state index >= 15 is 0 Å². The van der Waals surface area contributed by atoms with E-state index in [-0.39, 0.29) is 12.9 Å². The van der Waals surface area contributed by atoms with Crippen LogP contribution in [0, 0.1) is 0 Å². The third kappa shape index (κ3) is 6.11. The van der Waals surface area contributed by atoms with Crippen LogP contribution in [0.2, 0.25) is 0 Å². The fourth-order valence-corrected chi connectivity index (χ4v) is 2.36. The Hall–Kier alpha value is -0.200. The standard InChI is InChI=1S/C13H28N2O3/c1-3-17-13(18-4-2)11-15(8-9-16)10-12-6-5-7-14-12/h12-14,16H,3-11H2,1-2H3. The van der Waals surface area contributed by atoms with Gasteiger partial charge in [-0.2, -0.15) is 0 Å². The zero-order valence-corrected chi connectivity index (χ0v) is 11.7. The summed E-state index contributed by atoms with van der Waals surface area (Å²) in [5.41, 5.74) is 0. The second kappa shape index (κ2) is 9.69. The Morgan fingerprint density at radius 3 is 2.56 bits per heavy atom. The molecule has 1 fully saturated rings. The van der Waals surface area contributed by atoms with Crippen molar-refractivity contribution >= 4 is 0 Å². The van der Waals surface area contributed by atoms with Gasteiger partial charge in [-0.15, -0.1) is 0 Å². The molecule has 0 radical (unpaired) electrons. The van der Waals surface area contributed by atoms with Crippen molar-refractivity contribution in [3.8, 4) is 0 Å². The summed E-state index contributed by atoms with van der Waals surface area (Å²) in [6.45, 7) is 8.89. The molecular weight excluding hydrogens is 232 g/mol. The summed E-state index contributed by atoms with van der Waals surface area (Å²) in [7, 11) is 0. The number of nitrogens with zero attached hydrogens (tertiary/aromatic N) is 1. The molecule has 0 bridgehead atoms. The number of aliphatic hydroxyl groups excluding tert-OH is 1. The van der Waals surface area contributed by atoms with Gasteiger partial charge in [-0.1, -0.05) is 0 Å². The lowest BCUT2D eigenvalue weighted by Gasteiger charge is -2.28. The van der Waals surface area contributed by atoms with Crippen molar-refractivity contribution in [2.75, 3.05) is 46.0 Å². The van der Waals surface area contributed by atoms with Gasteiger partial charge in [-0.25, -0.2) is 0 Å². The minimum atomic E-state index is -0.187. The Morgan fingerprint density at radius 2 is 2.06 bits per heavy atom. The van der Waals surface area contributed by atoms with Gasteiger partial charge in [0.05, 0.1) is 6.61 Å². The average molecular weight is 260 g/mol. The minimum Gasteiger partial charge on any atom is -0.395 e. The van der Waals surface area contributed by atoms with Crippen LogP contribution < -0.4 is 5.32 Å². The summed E-state index contributed by atoms with van der Waals surface area (Å²) in [6, 6.07) is 0.542. The molecule has 0 aliphatic carbocycles. The Morgan fingerprint density at radius 1 is 1.33 bits per heavy atom. The monoisotopic (exact) mass is 260 g/mol. The summed E-state index contributed by atoms with van der Waals surface area (Å²) in [6.07, 6.45) is 2.28. The van der Waals surface area contributed by atoms with Crippen LogP contribution in [-0.2, 0) is 9.47 Å². The van der Waals surface area contributed by atoms with E-state index in [1.165, 1.54) is 12.8 Å². The zero-order chi connectivity index (χ0) is 13.2. The van der Waals surface area contributed by atoms with Crippen LogP contribution in [0.5, 0.6) is 0 Å². The molecule has 0 aromatic carbocycles. The van der Waals surface area contributed by atoms with Crippen molar-refractivity contribution in [3.05, 3.63) is 0 Å². The highest BCUT2D eigenvalue weighted by Gasteiger charge is 2.20. The summed E-state index contributed by atoms with van der Waals surface area (Å²) in [5, 5.41) is 12.6. The van der Waals surface area contributed by atoms with E-state index in [1.807, 2.05) is 13.8 Å². The van der Waals surface area contributed by atoms with E-state index in [0.29, 0.717) is 25.8 Å². The van der Waals surface area contributed by atoms with Gasteiger partial charge in [0.15, 0.2) is 6.29 Å². The number of hydrogen-bond donors (Lipinski definition) is 2. The fraction of sp³-hybridized carbons (Fsp3) is 1.00. The van der Waals surface area contributed by atoms with E-state index in [1.54, 1.807) is 0 Å². The first kappa shape index (κ1) is 15.9. The molecule has 1 unspecified atom stereocenters. The number of aliphatic hydroxyl groups is 1. The smallest absolute Gasteiger partial charge is 0.170 e. The second-order valence-corrected chi connectivity index (χ2v) is 4.62. The topological polar surface area (TPSA) is 54.0 Å². The van der Waals surface area contributed by atoms with Gasteiger partial charge in [-0.3, -0.25) is 4.90 Å². The maximum atomic E-state index is 9.14. The molecule has 5 heteroatoms. The van der Waals surface area contributed by atoms with E-state index in [4.69, 9.17) is 14.6 Å². The van der Waals surface area contributed by atoms with E-state index in [0.717, 1.165) is 19.6 Å². The predicted molar refractivity (Wildman–Crippen MR) is 71.6 cm³/mol. The maximum absolute atomic E-state index is 9.14. The third-order valence-electron chi connectivity index (χ3n) is 3.17. The van der Waals surface area contributed by atoms with E-state index < -0.39 is 0 Å². The SMILES string of the molecule is CCOC(CN(CCO)CC1CCCN1)OCC. The first-order chi connectivity index (χ1) is 8.80. The van der Waals surface area contributed by atoms with E-state index in [2.05, 4.69) is 10.2 Å². The van der Waals surface area contributed by atoms with Crippen LogP contribution in [0.15, 0.2) is 0 Å². The Labute approximate surface area is 110 Å². The van der Waals surface area contributed by atoms with Gasteiger partial charge in [0.25, 0.3) is 0 Å². The number of hydrogen-bond acceptors (Lipinski definition) is 5. The predicted octanol–water partition coefficient (Wildman–Crippen LogP) is 0.432. The first-order valence-electron chi connectivity index (χ1n) is 7.09. The molecule has 2 N–H and O–H groups in total. The largest absolute Gasteiger partial charge is 0.395 e. The van der Waals surface area contributed by atoms with E-state index in [9.17, 15) is 0 Å². The summed E-state index contributed by atoms with van der Waals surface area (Å²) in [4.78, 5) is 2.22. The molecule has 1 aliphatic heterocycles. The van der Waals surface area contributed by atoms with Crippen LogP contribution in [0.4, 0.5) is 0 Å². The van der Waals surface area contributed by atoms with Gasteiger partial charge in [0, 0.05) is 38.9 Å².